The Kier molecular flexibility index (Phi) is 8.61. The molecule has 17 aliphatic rings. The van der Waals surface area contributed by atoms with E-state index in [0.717, 1.165) is 34.8 Å². The summed E-state index contributed by atoms with van der Waals surface area (Å²) in [5, 5.41) is 23.2. The van der Waals surface area contributed by atoms with Crippen LogP contribution < -0.4 is 11.5 Å². The molecule has 0 aliphatic heterocycles. The Labute approximate surface area is 462 Å². The number of benzene rings is 4. The van der Waals surface area contributed by atoms with Crippen molar-refractivity contribution in [2.75, 3.05) is 11.5 Å². The summed E-state index contributed by atoms with van der Waals surface area (Å²) < 4.78 is 0. The maximum absolute atomic E-state index is 11.6. The van der Waals surface area contributed by atoms with Gasteiger partial charge in [-0.3, -0.25) is 0 Å². The first-order valence-corrected chi connectivity index (χ1v) is 31.7. The van der Waals surface area contributed by atoms with Crippen molar-refractivity contribution in [2.24, 2.45) is 67.0 Å². The van der Waals surface area contributed by atoms with E-state index in [1.165, 1.54) is 165 Å². The van der Waals surface area contributed by atoms with Crippen LogP contribution in [0.25, 0.3) is 11.1 Å². The fraction of sp³-hybridized carbons (Fsp3) is 0.671. The van der Waals surface area contributed by atoms with Gasteiger partial charge in [0.15, 0.2) is 0 Å². The Bertz CT molecular complexity index is 3050. The fourth-order valence-electron chi connectivity index (χ4n) is 29.4. The summed E-state index contributed by atoms with van der Waals surface area (Å²) in [6.07, 6.45) is 32.0. The van der Waals surface area contributed by atoms with Crippen LogP contribution in [0.2, 0.25) is 0 Å². The number of phenolic OH excluding ortho intramolecular Hbond substituents is 2. The highest BCUT2D eigenvalue weighted by Gasteiger charge is 2.68. The van der Waals surface area contributed by atoms with Crippen molar-refractivity contribution in [3.8, 4) is 22.6 Å². The monoisotopic (exact) mass is 1030 g/mol. The first-order chi connectivity index (χ1) is 36.1. The predicted octanol–water partition coefficient (Wildman–Crippen LogP) is 17.6. The number of nitrogens with two attached hydrogens (primary N) is 2. The van der Waals surface area contributed by atoms with Gasteiger partial charge in [0.1, 0.15) is 11.5 Å². The number of hydrogen-bond acceptors (Lipinski definition) is 4. The van der Waals surface area contributed by atoms with Crippen LogP contribution in [0.4, 0.5) is 11.4 Å². The van der Waals surface area contributed by atoms with E-state index in [0.29, 0.717) is 54.7 Å². The lowest BCUT2D eigenvalue weighted by Gasteiger charge is -2.67. The second kappa shape index (κ2) is 13.9. The van der Waals surface area contributed by atoms with Crippen molar-refractivity contribution >= 4 is 11.4 Å². The quantitative estimate of drug-likeness (QED) is 0.101. The lowest BCUT2D eigenvalue weighted by atomic mass is 9.37. The van der Waals surface area contributed by atoms with E-state index in [1.807, 2.05) is 12.1 Å². The maximum Gasteiger partial charge on any atom is 0.138 e. The third kappa shape index (κ3) is 6.25. The lowest BCUT2D eigenvalue weighted by Crippen LogP contribution is -2.58. The molecule has 0 saturated heterocycles. The molecule has 17 aliphatic carbocycles. The summed E-state index contributed by atoms with van der Waals surface area (Å²) in [5.74, 6) is 3.33. The van der Waals surface area contributed by atoms with E-state index in [4.69, 9.17) is 11.5 Å². The van der Waals surface area contributed by atoms with Crippen LogP contribution in [0, 0.1) is 67.0 Å². The molecular weight excluding hydrogens is 937 g/mol. The SMILES string of the molecule is CC12CC3CC(C)(C1)CC(c1cc(C45CC6CC(C)(CC(C)(C6)C4)C5)c4c(c1)C(c1ccc(O)c(N)c1)(c1ccc(O)c(N)c1)c1cc(C56CC7CC(C)(CC(C)(C7)C5)C6)cc(C56CC7CC(C)(CC(C)(C7)C5)C6)c1-4)(C3)C2. The van der Waals surface area contributed by atoms with E-state index in [2.05, 4.69) is 104 Å². The molecule has 4 aromatic carbocycles. The molecule has 4 heteroatoms. The Morgan fingerprint density at radius 1 is 0.312 bits per heavy atom. The molecule has 77 heavy (non-hydrogen) atoms. The van der Waals surface area contributed by atoms with Crippen LogP contribution in [0.15, 0.2) is 60.7 Å². The van der Waals surface area contributed by atoms with Gasteiger partial charge in [0.2, 0.25) is 0 Å². The Hall–Kier alpha value is -3.92. The highest BCUT2D eigenvalue weighted by atomic mass is 16.3. The van der Waals surface area contributed by atoms with Crippen LogP contribution >= 0.6 is 0 Å². The zero-order valence-electron chi connectivity index (χ0n) is 48.6. The molecule has 16 fully saturated rings. The van der Waals surface area contributed by atoms with Crippen molar-refractivity contribution in [3.05, 3.63) is 105 Å². The van der Waals surface area contributed by atoms with Gasteiger partial charge in [-0.2, -0.15) is 0 Å². The third-order valence-corrected chi connectivity index (χ3v) is 27.1. The predicted molar refractivity (Wildman–Crippen MR) is 312 cm³/mol. The fourth-order valence-corrected chi connectivity index (χ4v) is 29.4. The minimum atomic E-state index is -0.817. The average Bonchev–Trinajstić information content (AvgIpc) is 2.97. The first kappa shape index (κ1) is 47.8. The molecule has 16 bridgehead atoms. The van der Waals surface area contributed by atoms with Crippen LogP contribution in [0.5, 0.6) is 11.5 Å². The smallest absolute Gasteiger partial charge is 0.138 e. The van der Waals surface area contributed by atoms with Crippen molar-refractivity contribution in [2.45, 2.75) is 237 Å². The van der Waals surface area contributed by atoms with E-state index in [-0.39, 0.29) is 33.2 Å². The van der Waals surface area contributed by atoms with Crippen LogP contribution in [-0.4, -0.2) is 10.2 Å². The molecule has 406 valence electrons. The molecule has 8 atom stereocenters. The van der Waals surface area contributed by atoms with Gasteiger partial charge in [0.05, 0.1) is 16.8 Å². The van der Waals surface area contributed by atoms with Gasteiger partial charge in [-0.15, -0.1) is 0 Å². The zero-order valence-corrected chi connectivity index (χ0v) is 48.6. The van der Waals surface area contributed by atoms with E-state index < -0.39 is 5.41 Å². The van der Waals surface area contributed by atoms with Gasteiger partial charge < -0.3 is 21.7 Å². The standard InChI is InChI=1S/C73H92N2O2/c1-61-19-43-20-62(2,31-61)36-69(27-43,35-61)49-13-51(71-29-45-23-65(5,39-71)33-66(6,24-45)40-71)59-53(15-49)73(47-9-11-57(76)55(74)17-47,48-10-12-58(77)56(75)18-48)54-16-50(70-28-44-21-63(3,37-70)32-64(4,22-44)38-70)14-52(60(54)59)72-30-46-25-67(7,41-72)34-68(8,26-46)42-72/h9-18,43-46,76-77H,19-42,74-75H2,1-8H3. The van der Waals surface area contributed by atoms with Gasteiger partial charge in [0.25, 0.3) is 0 Å². The second-order valence-electron chi connectivity index (χ2n) is 35.8. The summed E-state index contributed by atoms with van der Waals surface area (Å²) in [4.78, 5) is 0. The average molecular weight is 1030 g/mol. The van der Waals surface area contributed by atoms with Crippen LogP contribution in [0.3, 0.4) is 0 Å². The minimum absolute atomic E-state index is 0.0624. The van der Waals surface area contributed by atoms with E-state index >= 15 is 0 Å². The van der Waals surface area contributed by atoms with E-state index in [1.54, 1.807) is 33.4 Å². The molecule has 0 amide bonds. The zero-order chi connectivity index (χ0) is 52.9. The summed E-state index contributed by atoms with van der Waals surface area (Å²) in [6.45, 7) is 21.6. The molecule has 4 nitrogen and oxygen atoms in total. The van der Waals surface area contributed by atoms with E-state index in [9.17, 15) is 10.2 Å². The topological polar surface area (TPSA) is 92.5 Å². The number of anilines is 2. The molecule has 4 aromatic rings. The van der Waals surface area contributed by atoms with Crippen LogP contribution in [-0.2, 0) is 27.1 Å². The Morgan fingerprint density at radius 3 is 0.844 bits per heavy atom. The number of fused-ring (bicyclic) bond motifs is 3. The number of phenols is 2. The largest absolute Gasteiger partial charge is 0.506 e. The summed E-state index contributed by atoms with van der Waals surface area (Å²) in [6, 6.07) is 24.4. The third-order valence-electron chi connectivity index (χ3n) is 27.1. The Balaban J connectivity index is 1.05. The highest BCUT2D eigenvalue weighted by molar-refractivity contribution is 5.93. The van der Waals surface area contributed by atoms with Gasteiger partial charge in [-0.1, -0.05) is 91.8 Å². The summed E-state index contributed by atoms with van der Waals surface area (Å²) in [7, 11) is 0. The normalized spacial score (nSPS) is 49.0. The molecule has 0 spiro atoms. The van der Waals surface area contributed by atoms with Crippen molar-refractivity contribution in [3.63, 3.8) is 0 Å². The van der Waals surface area contributed by atoms with Crippen molar-refractivity contribution in [1.82, 2.24) is 0 Å². The second-order valence-corrected chi connectivity index (χ2v) is 35.8. The minimum Gasteiger partial charge on any atom is -0.506 e. The number of hydrogen-bond donors (Lipinski definition) is 4. The maximum atomic E-state index is 11.6. The highest BCUT2D eigenvalue weighted by Crippen LogP contribution is 2.78. The lowest BCUT2D eigenvalue weighted by molar-refractivity contribution is -0.112. The summed E-state index contributed by atoms with van der Waals surface area (Å²) in [5.41, 5.74) is 32.4. The van der Waals surface area contributed by atoms with Crippen molar-refractivity contribution in [1.29, 1.82) is 0 Å². The van der Waals surface area contributed by atoms with Gasteiger partial charge in [-0.25, -0.2) is 0 Å². The van der Waals surface area contributed by atoms with Gasteiger partial charge >= 0.3 is 0 Å². The molecular formula is C73H92N2O2. The number of rotatable bonds is 6. The molecule has 0 radical (unpaired) electrons. The molecule has 0 heterocycles. The molecule has 8 unspecified atom stereocenters. The molecule has 16 saturated carbocycles. The first-order valence-electron chi connectivity index (χ1n) is 31.7. The van der Waals surface area contributed by atoms with Gasteiger partial charge in [-0.05, 0) is 323 Å². The summed E-state index contributed by atoms with van der Waals surface area (Å²) >= 11 is 0. The molecule has 0 aromatic heterocycles. The number of aromatic hydroxyl groups is 2. The van der Waals surface area contributed by atoms with Crippen molar-refractivity contribution < 1.29 is 10.2 Å². The molecule has 21 rings (SSSR count). The Morgan fingerprint density at radius 2 is 0.571 bits per heavy atom. The molecule has 6 N–H and O–H groups in total. The van der Waals surface area contributed by atoms with Gasteiger partial charge in [0, 0.05) is 0 Å². The number of nitrogen functional groups attached to an aromatic ring is 2. The van der Waals surface area contributed by atoms with Crippen LogP contribution in [0.1, 0.15) is 254 Å².